The Morgan fingerprint density at radius 2 is 1.71 bits per heavy atom. The van der Waals surface area contributed by atoms with Crippen molar-refractivity contribution >= 4 is 5.91 Å². The minimum Gasteiger partial charge on any atom is -0.362 e. The predicted octanol–water partition coefficient (Wildman–Crippen LogP) is 1.81. The summed E-state index contributed by atoms with van der Waals surface area (Å²) in [5, 5.41) is 0. The largest absolute Gasteiger partial charge is 0.470 e. The molecule has 0 atom stereocenters. The Kier molecular flexibility index (Phi) is 6.93. The molecule has 0 aliphatic heterocycles. The molecular weight excluding hydrogens is 233 g/mol. The maximum Gasteiger partial charge on any atom is 0.470 e. The van der Waals surface area contributed by atoms with Crippen molar-refractivity contribution in [3.05, 3.63) is 30.6 Å². The molecule has 0 saturated carbocycles. The van der Waals surface area contributed by atoms with Crippen LogP contribution in [0, 0.1) is 0 Å². The molecule has 0 bridgehead atoms. The molecule has 0 aliphatic rings. The van der Waals surface area contributed by atoms with Crippen LogP contribution in [0.5, 0.6) is 0 Å². The molecule has 0 spiro atoms. The van der Waals surface area contributed by atoms with Crippen molar-refractivity contribution < 1.29 is 22.5 Å². The number of hydrogen-bond donors (Lipinski definition) is 1. The van der Waals surface area contributed by atoms with E-state index in [9.17, 15) is 13.2 Å². The molecule has 17 heavy (non-hydrogen) atoms. The van der Waals surface area contributed by atoms with E-state index >= 15 is 0 Å². The maximum atomic E-state index is 10.7. The van der Waals surface area contributed by atoms with E-state index in [1.807, 2.05) is 6.07 Å². The third kappa shape index (κ3) is 8.24. The minimum atomic E-state index is -4.86. The number of halogens is 3. The summed E-state index contributed by atoms with van der Waals surface area (Å²) in [7, 11) is 0. The van der Waals surface area contributed by atoms with Crippen molar-refractivity contribution in [1.82, 2.24) is 0 Å². The first-order valence-corrected chi connectivity index (χ1v) is 5.18. The van der Waals surface area contributed by atoms with E-state index in [0.717, 1.165) is 6.54 Å². The van der Waals surface area contributed by atoms with Crippen LogP contribution >= 0.6 is 0 Å². The average molecular weight is 249 g/mol. The number of pyridine rings is 1. The number of primary amides is 1. The Morgan fingerprint density at radius 3 is 2.06 bits per heavy atom. The van der Waals surface area contributed by atoms with Crippen molar-refractivity contribution in [2.75, 3.05) is 0 Å². The number of carbonyl (C=O) groups is 1. The summed E-state index contributed by atoms with van der Waals surface area (Å²) in [5.74, 6) is -2.26. The SMILES string of the molecule is CCCC[n+]1ccccc1.NC(=O)C(F)(F)F. The van der Waals surface area contributed by atoms with Gasteiger partial charge in [0.15, 0.2) is 12.4 Å². The molecule has 0 aliphatic carbocycles. The zero-order valence-electron chi connectivity index (χ0n) is 9.57. The number of alkyl halides is 3. The van der Waals surface area contributed by atoms with Crippen LogP contribution in [0.4, 0.5) is 13.2 Å². The fraction of sp³-hybridized carbons (Fsp3) is 0.455. The maximum absolute atomic E-state index is 10.7. The van der Waals surface area contributed by atoms with Crippen LogP contribution in [0.25, 0.3) is 0 Å². The summed E-state index contributed by atoms with van der Waals surface area (Å²) in [6, 6.07) is 6.17. The first kappa shape index (κ1) is 15.4. The Bertz CT molecular complexity index is 325. The fourth-order valence-electron chi connectivity index (χ4n) is 0.924. The highest BCUT2D eigenvalue weighted by Gasteiger charge is 2.35. The van der Waals surface area contributed by atoms with Crippen LogP contribution in [-0.2, 0) is 11.3 Å². The third-order valence-corrected chi connectivity index (χ3v) is 1.83. The summed E-state index contributed by atoms with van der Waals surface area (Å²) >= 11 is 0. The number of hydrogen-bond acceptors (Lipinski definition) is 1. The molecule has 96 valence electrons. The smallest absolute Gasteiger partial charge is 0.362 e. The first-order chi connectivity index (χ1) is 7.88. The molecule has 0 radical (unpaired) electrons. The van der Waals surface area contributed by atoms with Gasteiger partial charge in [0.05, 0.1) is 0 Å². The van der Waals surface area contributed by atoms with Gasteiger partial charge in [-0.05, 0) is 0 Å². The molecule has 1 amide bonds. The molecule has 0 unspecified atom stereocenters. The van der Waals surface area contributed by atoms with Gasteiger partial charge >= 0.3 is 12.1 Å². The van der Waals surface area contributed by atoms with Crippen molar-refractivity contribution in [1.29, 1.82) is 0 Å². The van der Waals surface area contributed by atoms with Crippen LogP contribution < -0.4 is 10.3 Å². The number of unbranched alkanes of at least 4 members (excludes halogenated alkanes) is 1. The lowest BCUT2D eigenvalue weighted by molar-refractivity contribution is -0.697. The molecule has 0 saturated heterocycles. The monoisotopic (exact) mass is 249 g/mol. The topological polar surface area (TPSA) is 47.0 Å². The van der Waals surface area contributed by atoms with E-state index in [4.69, 9.17) is 4.79 Å². The summed E-state index contributed by atoms with van der Waals surface area (Å²) in [6.07, 6.45) is 1.89. The zero-order chi connectivity index (χ0) is 13.3. The van der Waals surface area contributed by atoms with Gasteiger partial charge in [0.2, 0.25) is 0 Å². The highest BCUT2D eigenvalue weighted by Crippen LogP contribution is 2.11. The fourth-order valence-corrected chi connectivity index (χ4v) is 0.924. The van der Waals surface area contributed by atoms with Gasteiger partial charge in [-0.15, -0.1) is 0 Å². The van der Waals surface area contributed by atoms with Gasteiger partial charge in [0, 0.05) is 18.6 Å². The Hall–Kier alpha value is -1.59. The molecule has 6 heteroatoms. The highest BCUT2D eigenvalue weighted by atomic mass is 19.4. The van der Waals surface area contributed by atoms with Gasteiger partial charge < -0.3 is 5.73 Å². The van der Waals surface area contributed by atoms with Crippen molar-refractivity contribution in [3.63, 3.8) is 0 Å². The van der Waals surface area contributed by atoms with E-state index in [1.165, 1.54) is 12.8 Å². The number of aromatic nitrogens is 1. The first-order valence-electron chi connectivity index (χ1n) is 5.18. The van der Waals surface area contributed by atoms with Gasteiger partial charge in [-0.25, -0.2) is 4.57 Å². The van der Waals surface area contributed by atoms with E-state index in [1.54, 1.807) is 0 Å². The number of nitrogens with zero attached hydrogens (tertiary/aromatic N) is 1. The molecule has 2 N–H and O–H groups in total. The average Bonchev–Trinajstić information content (AvgIpc) is 2.27. The third-order valence-electron chi connectivity index (χ3n) is 1.83. The van der Waals surface area contributed by atoms with Crippen LogP contribution in [0.3, 0.4) is 0 Å². The molecule has 3 nitrogen and oxygen atoms in total. The second-order valence-corrected chi connectivity index (χ2v) is 3.33. The highest BCUT2D eigenvalue weighted by molar-refractivity contribution is 5.79. The van der Waals surface area contributed by atoms with Gasteiger partial charge in [-0.3, -0.25) is 4.79 Å². The zero-order valence-corrected chi connectivity index (χ0v) is 9.57. The second-order valence-electron chi connectivity index (χ2n) is 3.33. The summed E-state index contributed by atoms with van der Waals surface area (Å²) in [5.41, 5.74) is 3.81. The van der Waals surface area contributed by atoms with Crippen molar-refractivity contribution in [2.45, 2.75) is 32.5 Å². The lowest BCUT2D eigenvalue weighted by Gasteiger charge is -1.95. The van der Waals surface area contributed by atoms with Crippen LogP contribution in [-0.4, -0.2) is 12.1 Å². The predicted molar refractivity (Wildman–Crippen MR) is 56.8 cm³/mol. The minimum absolute atomic E-state index is 1.15. The summed E-state index contributed by atoms with van der Waals surface area (Å²) in [6.45, 7) is 3.36. The van der Waals surface area contributed by atoms with Gasteiger partial charge in [0.25, 0.3) is 0 Å². The van der Waals surface area contributed by atoms with E-state index in [2.05, 4.69) is 41.8 Å². The van der Waals surface area contributed by atoms with Crippen LogP contribution in [0.15, 0.2) is 30.6 Å². The summed E-state index contributed by atoms with van der Waals surface area (Å²) < 4.78 is 34.3. The molecular formula is C11H16F3N2O+. The molecule has 0 fully saturated rings. The van der Waals surface area contributed by atoms with Gasteiger partial charge in [0.1, 0.15) is 6.54 Å². The van der Waals surface area contributed by atoms with Gasteiger partial charge in [-0.2, -0.15) is 13.2 Å². The second kappa shape index (κ2) is 7.65. The van der Waals surface area contributed by atoms with E-state index < -0.39 is 12.1 Å². The van der Waals surface area contributed by atoms with Crippen LogP contribution in [0.2, 0.25) is 0 Å². The van der Waals surface area contributed by atoms with Gasteiger partial charge in [-0.1, -0.05) is 19.4 Å². The van der Waals surface area contributed by atoms with Crippen LogP contribution in [0.1, 0.15) is 19.8 Å². The number of aryl methyl sites for hydroxylation is 1. The van der Waals surface area contributed by atoms with E-state index in [-0.39, 0.29) is 0 Å². The lowest BCUT2D eigenvalue weighted by Crippen LogP contribution is -2.31. The lowest BCUT2D eigenvalue weighted by atomic mass is 10.3. The quantitative estimate of drug-likeness (QED) is 0.816. The Labute approximate surface area is 98.1 Å². The molecule has 1 aromatic heterocycles. The standard InChI is InChI=1S/C9H14N.C2H2F3NO/c1-2-3-7-10-8-5-4-6-9-10;3-2(4,5)1(6)7/h4-6,8-9H,2-3,7H2,1H3;(H2,6,7)/q+1;. The number of carbonyl (C=O) groups excluding carboxylic acids is 1. The van der Waals surface area contributed by atoms with E-state index in [0.29, 0.717) is 0 Å². The Balaban J connectivity index is 0.000000325. The Morgan fingerprint density at radius 1 is 1.24 bits per heavy atom. The normalized spacial score (nSPS) is 10.4. The number of rotatable bonds is 3. The van der Waals surface area contributed by atoms with Crippen molar-refractivity contribution in [2.24, 2.45) is 5.73 Å². The summed E-state index contributed by atoms with van der Waals surface area (Å²) in [4.78, 5) is 9.12. The molecule has 0 aromatic carbocycles. The number of amides is 1. The molecule has 1 heterocycles. The molecule has 1 aromatic rings. The number of nitrogens with two attached hydrogens (primary N) is 1. The van der Waals surface area contributed by atoms with Crippen molar-refractivity contribution in [3.8, 4) is 0 Å². The molecule has 1 rings (SSSR count).